The lowest BCUT2D eigenvalue weighted by Crippen LogP contribution is -2.28. The van der Waals surface area contributed by atoms with Gasteiger partial charge in [-0.3, -0.25) is 0 Å². The summed E-state index contributed by atoms with van der Waals surface area (Å²) in [7, 11) is 3.43. The summed E-state index contributed by atoms with van der Waals surface area (Å²) in [5.74, 6) is 0.553. The standard InChI is InChI=1S/C8H10BrN5O/c1-14-7(11-12-13-14)6-3-5(9)4-10-8(6)15-2/h3-4,7H,1-2H3,(H,11,13). The zero-order chi connectivity index (χ0) is 10.8. The predicted octanol–water partition coefficient (Wildman–Crippen LogP) is 1.67. The van der Waals surface area contributed by atoms with Crippen molar-refractivity contribution < 1.29 is 4.74 Å². The van der Waals surface area contributed by atoms with Crippen LogP contribution in [-0.2, 0) is 0 Å². The maximum atomic E-state index is 5.17. The molecule has 1 aromatic rings. The van der Waals surface area contributed by atoms with E-state index in [9.17, 15) is 0 Å². The topological polar surface area (TPSA) is 62.1 Å². The lowest BCUT2D eigenvalue weighted by molar-refractivity contribution is 0.217. The Morgan fingerprint density at radius 1 is 1.60 bits per heavy atom. The van der Waals surface area contributed by atoms with E-state index in [4.69, 9.17) is 4.74 Å². The number of hydrogen-bond donors (Lipinski definition) is 1. The van der Waals surface area contributed by atoms with Crippen LogP contribution in [0.1, 0.15) is 11.7 Å². The van der Waals surface area contributed by atoms with Gasteiger partial charge in [0.2, 0.25) is 5.88 Å². The van der Waals surface area contributed by atoms with Crippen molar-refractivity contribution in [3.63, 3.8) is 0 Å². The third-order valence-corrected chi connectivity index (χ3v) is 2.49. The SMILES string of the molecule is COc1ncc(Br)cc1C1N=NNN1C. The maximum absolute atomic E-state index is 5.17. The number of aromatic nitrogens is 1. The molecule has 0 amide bonds. The molecule has 2 rings (SSSR count). The molecular weight excluding hydrogens is 262 g/mol. The van der Waals surface area contributed by atoms with Crippen LogP contribution in [0.15, 0.2) is 27.1 Å². The number of halogens is 1. The van der Waals surface area contributed by atoms with Crippen LogP contribution in [-0.4, -0.2) is 24.2 Å². The highest BCUT2D eigenvalue weighted by Gasteiger charge is 2.25. The molecule has 1 atom stereocenters. The highest BCUT2D eigenvalue weighted by atomic mass is 79.9. The average molecular weight is 272 g/mol. The Morgan fingerprint density at radius 3 is 3.00 bits per heavy atom. The van der Waals surface area contributed by atoms with Crippen molar-refractivity contribution in [3.05, 3.63) is 22.3 Å². The number of nitrogens with one attached hydrogen (secondary N) is 1. The van der Waals surface area contributed by atoms with Gasteiger partial charge in [0, 0.05) is 17.7 Å². The van der Waals surface area contributed by atoms with E-state index < -0.39 is 0 Å². The van der Waals surface area contributed by atoms with Crippen LogP contribution in [0.4, 0.5) is 0 Å². The number of ether oxygens (including phenoxy) is 1. The molecular formula is C8H10BrN5O. The van der Waals surface area contributed by atoms with Gasteiger partial charge >= 0.3 is 0 Å². The monoisotopic (exact) mass is 271 g/mol. The van der Waals surface area contributed by atoms with Gasteiger partial charge < -0.3 is 4.74 Å². The molecule has 0 saturated heterocycles. The minimum absolute atomic E-state index is 0.204. The van der Waals surface area contributed by atoms with Gasteiger partial charge in [-0.2, -0.15) is 5.01 Å². The third kappa shape index (κ3) is 1.93. The fourth-order valence-corrected chi connectivity index (χ4v) is 1.70. The molecule has 7 heteroatoms. The van der Waals surface area contributed by atoms with Crippen LogP contribution < -0.4 is 10.3 Å². The first kappa shape index (κ1) is 10.3. The molecule has 0 spiro atoms. The van der Waals surface area contributed by atoms with E-state index in [-0.39, 0.29) is 6.17 Å². The van der Waals surface area contributed by atoms with Crippen LogP contribution in [0.5, 0.6) is 5.88 Å². The molecule has 0 aliphatic carbocycles. The van der Waals surface area contributed by atoms with E-state index in [1.807, 2.05) is 13.1 Å². The molecule has 0 radical (unpaired) electrons. The van der Waals surface area contributed by atoms with Crippen molar-refractivity contribution in [2.24, 2.45) is 10.3 Å². The van der Waals surface area contributed by atoms with Gasteiger partial charge in [-0.1, -0.05) is 5.22 Å². The number of rotatable bonds is 2. The van der Waals surface area contributed by atoms with Crippen molar-refractivity contribution in [2.75, 3.05) is 14.2 Å². The van der Waals surface area contributed by atoms with Crippen LogP contribution in [0.3, 0.4) is 0 Å². The van der Waals surface area contributed by atoms with Crippen molar-refractivity contribution in [3.8, 4) is 5.88 Å². The number of pyridine rings is 1. The molecule has 1 aliphatic heterocycles. The summed E-state index contributed by atoms with van der Waals surface area (Å²) in [5, 5.41) is 9.53. The summed E-state index contributed by atoms with van der Waals surface area (Å²) in [4.78, 5) is 4.15. The Balaban J connectivity index is 2.41. The largest absolute Gasteiger partial charge is 0.481 e. The summed E-state index contributed by atoms with van der Waals surface area (Å²) < 4.78 is 6.06. The zero-order valence-corrected chi connectivity index (χ0v) is 9.89. The fourth-order valence-electron chi connectivity index (χ4n) is 1.35. The first-order valence-corrected chi connectivity index (χ1v) is 5.09. The smallest absolute Gasteiger partial charge is 0.220 e. The first-order valence-electron chi connectivity index (χ1n) is 4.30. The fraction of sp³-hybridized carbons (Fsp3) is 0.375. The second-order valence-electron chi connectivity index (χ2n) is 3.05. The molecule has 1 aliphatic rings. The maximum Gasteiger partial charge on any atom is 0.220 e. The number of hydrogen-bond acceptors (Lipinski definition) is 6. The van der Waals surface area contributed by atoms with Gasteiger partial charge in [-0.15, -0.1) is 5.11 Å². The summed E-state index contributed by atoms with van der Waals surface area (Å²) >= 11 is 3.36. The van der Waals surface area contributed by atoms with Gasteiger partial charge in [0.25, 0.3) is 0 Å². The molecule has 0 aromatic carbocycles. The van der Waals surface area contributed by atoms with Crippen molar-refractivity contribution in [1.29, 1.82) is 0 Å². The quantitative estimate of drug-likeness (QED) is 0.889. The molecule has 1 N–H and O–H groups in total. The Labute approximate surface area is 95.4 Å². The molecule has 80 valence electrons. The summed E-state index contributed by atoms with van der Waals surface area (Å²) in [6, 6.07) is 1.92. The van der Waals surface area contributed by atoms with Gasteiger partial charge in [0.15, 0.2) is 6.17 Å². The van der Waals surface area contributed by atoms with E-state index in [1.54, 1.807) is 18.3 Å². The summed E-state index contributed by atoms with van der Waals surface area (Å²) in [6.07, 6.45) is 1.48. The third-order valence-electron chi connectivity index (χ3n) is 2.05. The van der Waals surface area contributed by atoms with E-state index in [1.165, 1.54) is 0 Å². The van der Waals surface area contributed by atoms with Crippen LogP contribution in [0.2, 0.25) is 0 Å². The van der Waals surface area contributed by atoms with E-state index >= 15 is 0 Å². The predicted molar refractivity (Wildman–Crippen MR) is 57.0 cm³/mol. The van der Waals surface area contributed by atoms with Crippen molar-refractivity contribution in [2.45, 2.75) is 6.17 Å². The second-order valence-corrected chi connectivity index (χ2v) is 3.97. The lowest BCUT2D eigenvalue weighted by atomic mass is 10.2. The molecule has 15 heavy (non-hydrogen) atoms. The zero-order valence-electron chi connectivity index (χ0n) is 8.31. The van der Waals surface area contributed by atoms with E-state index in [0.29, 0.717) is 5.88 Å². The Hall–Kier alpha value is -1.21. The highest BCUT2D eigenvalue weighted by molar-refractivity contribution is 9.10. The Bertz CT molecular complexity index is 397. The van der Waals surface area contributed by atoms with Gasteiger partial charge in [-0.25, -0.2) is 10.5 Å². The van der Waals surface area contributed by atoms with Crippen LogP contribution >= 0.6 is 15.9 Å². The van der Waals surface area contributed by atoms with Gasteiger partial charge in [0.1, 0.15) is 0 Å². The van der Waals surface area contributed by atoms with E-state index in [0.717, 1.165) is 10.0 Å². The van der Waals surface area contributed by atoms with Crippen molar-refractivity contribution in [1.82, 2.24) is 15.5 Å². The minimum Gasteiger partial charge on any atom is -0.481 e. The van der Waals surface area contributed by atoms with Crippen LogP contribution in [0.25, 0.3) is 0 Å². The first-order chi connectivity index (χ1) is 7.22. The molecule has 0 fully saturated rings. The molecule has 1 unspecified atom stereocenters. The highest BCUT2D eigenvalue weighted by Crippen LogP contribution is 2.31. The average Bonchev–Trinajstić information content (AvgIpc) is 2.64. The molecule has 1 aromatic heterocycles. The Kier molecular flexibility index (Phi) is 2.83. The number of methoxy groups -OCH3 is 1. The van der Waals surface area contributed by atoms with E-state index in [2.05, 4.69) is 36.8 Å². The van der Waals surface area contributed by atoms with Crippen LogP contribution in [0, 0.1) is 0 Å². The number of hydrazine groups is 1. The second kappa shape index (κ2) is 4.11. The normalized spacial score (nSPS) is 20.3. The molecule has 6 nitrogen and oxygen atoms in total. The molecule has 0 bridgehead atoms. The summed E-state index contributed by atoms with van der Waals surface area (Å²) in [6.45, 7) is 0. The molecule has 2 heterocycles. The Morgan fingerprint density at radius 2 is 2.40 bits per heavy atom. The number of nitrogens with zero attached hydrogens (tertiary/aromatic N) is 4. The minimum atomic E-state index is -0.204. The van der Waals surface area contributed by atoms with Gasteiger partial charge in [0.05, 0.1) is 12.7 Å². The van der Waals surface area contributed by atoms with Gasteiger partial charge in [-0.05, 0) is 22.0 Å². The molecule has 0 saturated carbocycles. The lowest BCUT2D eigenvalue weighted by Gasteiger charge is -2.17. The van der Waals surface area contributed by atoms with Crippen molar-refractivity contribution >= 4 is 15.9 Å². The summed E-state index contributed by atoms with van der Waals surface area (Å²) in [5.41, 5.74) is 3.60.